The Kier molecular flexibility index (Phi) is 4.79. The van der Waals surface area contributed by atoms with Crippen LogP contribution in [0.25, 0.3) is 0 Å². The van der Waals surface area contributed by atoms with Gasteiger partial charge in [-0.25, -0.2) is 0 Å². The molecule has 1 fully saturated rings. The second-order valence-electron chi connectivity index (χ2n) is 6.26. The third-order valence-corrected chi connectivity index (χ3v) is 4.84. The van der Waals surface area contributed by atoms with Crippen molar-refractivity contribution in [1.29, 1.82) is 0 Å². The van der Waals surface area contributed by atoms with Crippen molar-refractivity contribution in [3.05, 3.63) is 29.6 Å². The van der Waals surface area contributed by atoms with Crippen molar-refractivity contribution >= 4 is 5.97 Å². The third-order valence-electron chi connectivity index (χ3n) is 4.84. The molecule has 1 aromatic heterocycles. The molecular formula is C17H25NO2. The molecule has 0 atom stereocenters. The van der Waals surface area contributed by atoms with Gasteiger partial charge in [0, 0.05) is 18.3 Å². The third kappa shape index (κ3) is 3.20. The fourth-order valence-electron chi connectivity index (χ4n) is 3.42. The second kappa shape index (κ2) is 6.38. The molecule has 3 heteroatoms. The number of hydrogen-bond acceptors (Lipinski definition) is 2. The van der Waals surface area contributed by atoms with Crippen LogP contribution in [0, 0.1) is 18.3 Å². The summed E-state index contributed by atoms with van der Waals surface area (Å²) in [5, 5.41) is 9.73. The van der Waals surface area contributed by atoms with Crippen molar-refractivity contribution in [2.75, 3.05) is 0 Å². The van der Waals surface area contributed by atoms with Crippen molar-refractivity contribution in [1.82, 2.24) is 4.98 Å². The first kappa shape index (κ1) is 15.0. The lowest BCUT2D eigenvalue weighted by molar-refractivity contribution is -0.151. The van der Waals surface area contributed by atoms with Crippen LogP contribution in [0.15, 0.2) is 18.3 Å². The molecular weight excluding hydrogens is 250 g/mol. The van der Waals surface area contributed by atoms with E-state index >= 15 is 0 Å². The van der Waals surface area contributed by atoms with E-state index in [0.29, 0.717) is 6.42 Å². The van der Waals surface area contributed by atoms with Gasteiger partial charge in [0.2, 0.25) is 0 Å². The first-order valence-electron chi connectivity index (χ1n) is 7.71. The number of nitrogens with zero attached hydrogens (tertiary/aromatic N) is 1. The lowest BCUT2D eigenvalue weighted by atomic mass is 9.67. The Morgan fingerprint density at radius 2 is 2.15 bits per heavy atom. The minimum atomic E-state index is -0.641. The Bertz CT molecular complexity index is 462. The molecule has 3 nitrogen and oxygen atoms in total. The van der Waals surface area contributed by atoms with Gasteiger partial charge in [-0.1, -0.05) is 25.8 Å². The molecule has 0 aromatic carbocycles. The van der Waals surface area contributed by atoms with Crippen LogP contribution >= 0.6 is 0 Å². The summed E-state index contributed by atoms with van der Waals surface area (Å²) >= 11 is 0. The highest BCUT2D eigenvalue weighted by Crippen LogP contribution is 2.43. The smallest absolute Gasteiger partial charge is 0.310 e. The van der Waals surface area contributed by atoms with E-state index in [1.54, 1.807) is 6.20 Å². The summed E-state index contributed by atoms with van der Waals surface area (Å²) in [6, 6.07) is 3.92. The highest BCUT2D eigenvalue weighted by Gasteiger charge is 2.42. The molecule has 0 amide bonds. The maximum atomic E-state index is 11.8. The summed E-state index contributed by atoms with van der Waals surface area (Å²) in [6.07, 6.45) is 8.46. The number of aliphatic carboxylic acids is 1. The number of aryl methyl sites for hydroxylation is 1. The Labute approximate surface area is 121 Å². The normalized spacial score (nSPS) is 26.4. The van der Waals surface area contributed by atoms with Crippen molar-refractivity contribution in [3.8, 4) is 0 Å². The fourth-order valence-corrected chi connectivity index (χ4v) is 3.42. The van der Waals surface area contributed by atoms with E-state index in [0.717, 1.165) is 42.9 Å². The van der Waals surface area contributed by atoms with E-state index in [9.17, 15) is 9.90 Å². The molecule has 0 aliphatic heterocycles. The van der Waals surface area contributed by atoms with Gasteiger partial charge in [0.15, 0.2) is 0 Å². The zero-order chi connectivity index (χ0) is 14.6. The molecule has 0 unspecified atom stereocenters. The summed E-state index contributed by atoms with van der Waals surface area (Å²) in [5.41, 5.74) is 1.45. The molecule has 0 radical (unpaired) electrons. The van der Waals surface area contributed by atoms with Crippen molar-refractivity contribution < 1.29 is 9.90 Å². The average molecular weight is 275 g/mol. The van der Waals surface area contributed by atoms with E-state index < -0.39 is 11.4 Å². The van der Waals surface area contributed by atoms with Gasteiger partial charge >= 0.3 is 5.97 Å². The number of rotatable bonds is 5. The first-order valence-corrected chi connectivity index (χ1v) is 7.71. The van der Waals surface area contributed by atoms with E-state index in [1.165, 1.54) is 12.8 Å². The molecule has 1 N–H and O–H groups in total. The van der Waals surface area contributed by atoms with Crippen molar-refractivity contribution in [2.24, 2.45) is 11.3 Å². The molecule has 20 heavy (non-hydrogen) atoms. The quantitative estimate of drug-likeness (QED) is 0.883. The van der Waals surface area contributed by atoms with Crippen LogP contribution in [0.1, 0.15) is 56.7 Å². The van der Waals surface area contributed by atoms with Gasteiger partial charge in [0.1, 0.15) is 0 Å². The van der Waals surface area contributed by atoms with Crippen LogP contribution in [0.3, 0.4) is 0 Å². The summed E-state index contributed by atoms with van der Waals surface area (Å²) in [4.78, 5) is 16.2. The Morgan fingerprint density at radius 3 is 2.70 bits per heavy atom. The van der Waals surface area contributed by atoms with Crippen LogP contribution in [0.4, 0.5) is 0 Å². The maximum Gasteiger partial charge on any atom is 0.310 e. The molecule has 0 bridgehead atoms. The van der Waals surface area contributed by atoms with E-state index in [-0.39, 0.29) is 0 Å². The van der Waals surface area contributed by atoms with Crippen LogP contribution in [0.2, 0.25) is 0 Å². The topological polar surface area (TPSA) is 50.2 Å². The van der Waals surface area contributed by atoms with Gasteiger partial charge in [-0.2, -0.15) is 0 Å². The number of carboxylic acids is 1. The molecule has 1 aliphatic rings. The van der Waals surface area contributed by atoms with Gasteiger partial charge in [-0.15, -0.1) is 0 Å². The average Bonchev–Trinajstić information content (AvgIpc) is 2.44. The number of carbonyl (C=O) groups is 1. The summed E-state index contributed by atoms with van der Waals surface area (Å²) in [6.45, 7) is 4.22. The molecule has 0 spiro atoms. The lowest BCUT2D eigenvalue weighted by Gasteiger charge is -2.37. The summed E-state index contributed by atoms with van der Waals surface area (Å²) in [7, 11) is 0. The number of carboxylic acid groups (broad SMARTS) is 1. The van der Waals surface area contributed by atoms with Crippen molar-refractivity contribution in [2.45, 2.75) is 58.8 Å². The summed E-state index contributed by atoms with van der Waals surface area (Å²) < 4.78 is 0. The monoisotopic (exact) mass is 275 g/mol. The minimum absolute atomic E-state index is 0.577. The standard InChI is InChI=1S/C17H25NO2/c1-3-5-14-7-9-17(10-8-14,16(19)20)12-15-13(2)6-4-11-18-15/h4,6,11,14H,3,5,7-10,12H2,1-2H3,(H,19,20). The fraction of sp³-hybridized carbons (Fsp3) is 0.647. The SMILES string of the molecule is CCCC1CCC(Cc2ncccc2C)(C(=O)O)CC1. The Balaban J connectivity index is 2.12. The Hall–Kier alpha value is -1.38. The minimum Gasteiger partial charge on any atom is -0.481 e. The van der Waals surface area contributed by atoms with Crippen LogP contribution < -0.4 is 0 Å². The van der Waals surface area contributed by atoms with Crippen LogP contribution in [0.5, 0.6) is 0 Å². The number of pyridine rings is 1. The predicted molar refractivity (Wildman–Crippen MR) is 79.6 cm³/mol. The highest BCUT2D eigenvalue weighted by molar-refractivity contribution is 5.75. The molecule has 1 saturated carbocycles. The van der Waals surface area contributed by atoms with Gasteiger partial charge < -0.3 is 5.11 Å². The van der Waals surface area contributed by atoms with E-state index in [2.05, 4.69) is 11.9 Å². The van der Waals surface area contributed by atoms with Crippen LogP contribution in [-0.4, -0.2) is 16.1 Å². The molecule has 1 heterocycles. The van der Waals surface area contributed by atoms with Gasteiger partial charge in [-0.3, -0.25) is 9.78 Å². The molecule has 0 saturated heterocycles. The van der Waals surface area contributed by atoms with Gasteiger partial charge in [0.25, 0.3) is 0 Å². The van der Waals surface area contributed by atoms with Crippen molar-refractivity contribution in [3.63, 3.8) is 0 Å². The lowest BCUT2D eigenvalue weighted by Crippen LogP contribution is -2.38. The largest absolute Gasteiger partial charge is 0.481 e. The van der Waals surface area contributed by atoms with Gasteiger partial charge in [-0.05, 0) is 50.2 Å². The molecule has 1 aromatic rings. The summed E-state index contributed by atoms with van der Waals surface area (Å²) in [5.74, 6) is 0.0785. The number of hydrogen-bond donors (Lipinski definition) is 1. The highest BCUT2D eigenvalue weighted by atomic mass is 16.4. The maximum absolute atomic E-state index is 11.8. The zero-order valence-electron chi connectivity index (χ0n) is 12.6. The molecule has 110 valence electrons. The zero-order valence-corrected chi connectivity index (χ0v) is 12.6. The van der Waals surface area contributed by atoms with E-state index in [1.807, 2.05) is 19.1 Å². The second-order valence-corrected chi connectivity index (χ2v) is 6.26. The first-order chi connectivity index (χ1) is 9.57. The van der Waals surface area contributed by atoms with Crippen LogP contribution in [-0.2, 0) is 11.2 Å². The van der Waals surface area contributed by atoms with Gasteiger partial charge in [0.05, 0.1) is 5.41 Å². The molecule has 1 aliphatic carbocycles. The van der Waals surface area contributed by atoms with E-state index in [4.69, 9.17) is 0 Å². The molecule has 2 rings (SSSR count). The number of aromatic nitrogens is 1. The predicted octanol–water partition coefficient (Wildman–Crippen LogP) is 3.99. The Morgan fingerprint density at radius 1 is 1.45 bits per heavy atom.